The van der Waals surface area contributed by atoms with Crippen LogP contribution in [0.1, 0.15) is 32.1 Å². The fraction of sp³-hybridized carbons (Fsp3) is 0.667. The molecule has 3 rings (SSSR count). The number of anilines is 1. The third kappa shape index (κ3) is 4.90. The van der Waals surface area contributed by atoms with Crippen LogP contribution in [0.15, 0.2) is 24.3 Å². The highest BCUT2D eigenvalue weighted by Crippen LogP contribution is 2.35. The minimum Gasteiger partial charge on any atom is -0.497 e. The lowest BCUT2D eigenvalue weighted by Crippen LogP contribution is -2.54. The number of likely N-dealkylation sites (tertiary alicyclic amines) is 1. The van der Waals surface area contributed by atoms with Gasteiger partial charge in [-0.3, -0.25) is 4.79 Å². The first-order valence-corrected chi connectivity index (χ1v) is 12.1. The summed E-state index contributed by atoms with van der Waals surface area (Å²) in [6.45, 7) is 0.414. The van der Waals surface area contributed by atoms with E-state index in [1.165, 1.54) is 14.1 Å². The average Bonchev–Trinajstić information content (AvgIpc) is 3.08. The van der Waals surface area contributed by atoms with Crippen molar-refractivity contribution in [3.05, 3.63) is 24.3 Å². The van der Waals surface area contributed by atoms with E-state index in [2.05, 4.69) is 5.32 Å². The van der Waals surface area contributed by atoms with Gasteiger partial charge in [0.1, 0.15) is 11.3 Å². The molecule has 2 aliphatic rings. The summed E-state index contributed by atoms with van der Waals surface area (Å²) in [6.07, 6.45) is 3.57. The van der Waals surface area contributed by atoms with Crippen LogP contribution in [0.2, 0.25) is 0 Å². The molecule has 1 saturated carbocycles. The van der Waals surface area contributed by atoms with Crippen LogP contribution in [-0.2, 0) is 14.8 Å². The van der Waals surface area contributed by atoms with Crippen molar-refractivity contribution < 1.29 is 23.1 Å². The topological polar surface area (TPSA) is 99.2 Å². The lowest BCUT2D eigenvalue weighted by Gasteiger charge is -2.40. The molecule has 0 bridgehead atoms. The molecule has 1 aromatic carbocycles. The van der Waals surface area contributed by atoms with Crippen molar-refractivity contribution in [1.29, 1.82) is 0 Å². The Morgan fingerprint density at radius 2 is 1.83 bits per heavy atom. The first-order chi connectivity index (χ1) is 14.2. The van der Waals surface area contributed by atoms with E-state index in [-0.39, 0.29) is 24.7 Å². The Kier molecular flexibility index (Phi) is 6.94. The molecule has 8 nitrogen and oxygen atoms in total. The minimum atomic E-state index is -3.45. The van der Waals surface area contributed by atoms with Crippen molar-refractivity contribution >= 4 is 21.6 Å². The van der Waals surface area contributed by atoms with E-state index in [0.717, 1.165) is 35.0 Å². The zero-order valence-corrected chi connectivity index (χ0v) is 18.8. The molecule has 1 aliphatic carbocycles. The van der Waals surface area contributed by atoms with Gasteiger partial charge in [0.2, 0.25) is 15.9 Å². The molecule has 1 amide bonds. The molecule has 0 spiro atoms. The number of hydrogen-bond acceptors (Lipinski definition) is 6. The first-order valence-electron chi connectivity index (χ1n) is 10.5. The summed E-state index contributed by atoms with van der Waals surface area (Å²) in [5, 5.41) is 13.9. The molecule has 2 fully saturated rings. The molecule has 9 heteroatoms. The standard InChI is InChI=1S/C21H33N3O5S/c1-23(2)30(27,28)15-16-13-24(14-19(16)25)20(26)21(11-5-4-6-12-21)22-17-7-9-18(29-3)10-8-17/h7-10,16,19,22,25H,4-6,11-15H2,1-3H3. The predicted molar refractivity (Wildman–Crippen MR) is 116 cm³/mol. The van der Waals surface area contributed by atoms with Gasteiger partial charge in [-0.05, 0) is 37.1 Å². The number of rotatable bonds is 7. The molecule has 2 unspecified atom stereocenters. The smallest absolute Gasteiger partial charge is 0.248 e. The number of β-amino-alcohol motifs (C(OH)–C–C–N with tert-alkyl or cyclic N) is 1. The van der Waals surface area contributed by atoms with Gasteiger partial charge < -0.3 is 20.1 Å². The maximum Gasteiger partial charge on any atom is 0.248 e. The molecule has 1 saturated heterocycles. The van der Waals surface area contributed by atoms with Crippen LogP contribution in [0.4, 0.5) is 5.69 Å². The lowest BCUT2D eigenvalue weighted by atomic mass is 9.80. The molecule has 2 atom stereocenters. The van der Waals surface area contributed by atoms with Crippen molar-refractivity contribution in [2.45, 2.75) is 43.7 Å². The van der Waals surface area contributed by atoms with Crippen LogP contribution in [0.5, 0.6) is 5.75 Å². The van der Waals surface area contributed by atoms with Crippen LogP contribution in [0, 0.1) is 5.92 Å². The Hall–Kier alpha value is -1.84. The number of benzene rings is 1. The monoisotopic (exact) mass is 439 g/mol. The highest BCUT2D eigenvalue weighted by molar-refractivity contribution is 7.89. The summed E-state index contributed by atoms with van der Waals surface area (Å²) in [5.41, 5.74) is 0.111. The summed E-state index contributed by atoms with van der Waals surface area (Å²) >= 11 is 0. The Morgan fingerprint density at radius 1 is 1.20 bits per heavy atom. The van der Waals surface area contributed by atoms with Gasteiger partial charge >= 0.3 is 0 Å². The zero-order chi connectivity index (χ0) is 21.9. The van der Waals surface area contributed by atoms with Gasteiger partial charge in [0.05, 0.1) is 19.0 Å². The molecule has 0 radical (unpaired) electrons. The number of sulfonamides is 1. The average molecular weight is 440 g/mol. The Labute approximate surface area is 179 Å². The molecular weight excluding hydrogens is 406 g/mol. The maximum absolute atomic E-state index is 13.6. The van der Waals surface area contributed by atoms with Gasteiger partial charge in [-0.15, -0.1) is 0 Å². The third-order valence-corrected chi connectivity index (χ3v) is 8.23. The van der Waals surface area contributed by atoms with E-state index < -0.39 is 27.6 Å². The van der Waals surface area contributed by atoms with E-state index in [4.69, 9.17) is 4.74 Å². The maximum atomic E-state index is 13.6. The largest absolute Gasteiger partial charge is 0.497 e. The van der Waals surface area contributed by atoms with Gasteiger partial charge in [0, 0.05) is 38.8 Å². The Balaban J connectivity index is 1.76. The van der Waals surface area contributed by atoms with Crippen molar-refractivity contribution in [2.75, 3.05) is 45.4 Å². The van der Waals surface area contributed by atoms with Crippen LogP contribution >= 0.6 is 0 Å². The van der Waals surface area contributed by atoms with Crippen molar-refractivity contribution in [3.8, 4) is 5.75 Å². The van der Waals surface area contributed by atoms with Crippen molar-refractivity contribution in [1.82, 2.24) is 9.21 Å². The SMILES string of the molecule is COc1ccc(NC2(C(=O)N3CC(O)C(CS(=O)(=O)N(C)C)C3)CCCCC2)cc1. The lowest BCUT2D eigenvalue weighted by molar-refractivity contribution is -0.136. The number of nitrogens with zero attached hydrogens (tertiary/aromatic N) is 2. The van der Waals surface area contributed by atoms with Gasteiger partial charge in [-0.1, -0.05) is 19.3 Å². The quantitative estimate of drug-likeness (QED) is 0.668. The normalized spacial score (nSPS) is 24.1. The van der Waals surface area contributed by atoms with E-state index in [1.54, 1.807) is 12.0 Å². The number of hydrogen-bond donors (Lipinski definition) is 2. The number of amides is 1. The number of aliphatic hydroxyl groups is 1. The number of ether oxygens (including phenoxy) is 1. The number of aliphatic hydroxyl groups excluding tert-OH is 1. The van der Waals surface area contributed by atoms with Crippen LogP contribution < -0.4 is 10.1 Å². The molecule has 30 heavy (non-hydrogen) atoms. The highest BCUT2D eigenvalue weighted by Gasteiger charge is 2.46. The van der Waals surface area contributed by atoms with Gasteiger partial charge in [0.25, 0.3) is 0 Å². The van der Waals surface area contributed by atoms with Crippen LogP contribution in [0.3, 0.4) is 0 Å². The Bertz CT molecular complexity index is 835. The summed E-state index contributed by atoms with van der Waals surface area (Å²) in [6, 6.07) is 7.50. The number of carbonyl (C=O) groups excluding carboxylic acids is 1. The van der Waals surface area contributed by atoms with Crippen LogP contribution in [-0.4, -0.2) is 80.3 Å². The van der Waals surface area contributed by atoms with Crippen molar-refractivity contribution in [3.63, 3.8) is 0 Å². The van der Waals surface area contributed by atoms with Crippen molar-refractivity contribution in [2.24, 2.45) is 5.92 Å². The fourth-order valence-corrected chi connectivity index (χ4v) is 5.57. The Morgan fingerprint density at radius 3 is 2.40 bits per heavy atom. The number of nitrogens with one attached hydrogen (secondary N) is 1. The second kappa shape index (κ2) is 9.11. The molecule has 1 aromatic rings. The van der Waals surface area contributed by atoms with Gasteiger partial charge in [0.15, 0.2) is 0 Å². The fourth-order valence-electron chi connectivity index (χ4n) is 4.40. The van der Waals surface area contributed by atoms with Gasteiger partial charge in [-0.25, -0.2) is 12.7 Å². The molecular formula is C21H33N3O5S. The summed E-state index contributed by atoms with van der Waals surface area (Å²) in [7, 11) is 1.12. The number of carbonyl (C=O) groups is 1. The zero-order valence-electron chi connectivity index (χ0n) is 18.0. The predicted octanol–water partition coefficient (Wildman–Crippen LogP) is 1.52. The van der Waals surface area contributed by atoms with E-state index in [0.29, 0.717) is 12.8 Å². The molecule has 0 aromatic heterocycles. The van der Waals surface area contributed by atoms with Gasteiger partial charge in [-0.2, -0.15) is 0 Å². The van der Waals surface area contributed by atoms with E-state index >= 15 is 0 Å². The third-order valence-electron chi connectivity index (χ3n) is 6.26. The minimum absolute atomic E-state index is 0.0539. The van der Waals surface area contributed by atoms with Crippen LogP contribution in [0.25, 0.3) is 0 Å². The van der Waals surface area contributed by atoms with E-state index in [9.17, 15) is 18.3 Å². The number of methoxy groups -OCH3 is 1. The second-order valence-corrected chi connectivity index (χ2v) is 10.8. The molecule has 1 heterocycles. The first kappa shape index (κ1) is 22.8. The summed E-state index contributed by atoms with van der Waals surface area (Å²) < 4.78 is 30.9. The molecule has 168 valence electrons. The molecule has 1 aliphatic heterocycles. The summed E-state index contributed by atoms with van der Waals surface area (Å²) in [4.78, 5) is 15.2. The molecule has 2 N–H and O–H groups in total. The second-order valence-electron chi connectivity index (χ2n) is 8.59. The highest BCUT2D eigenvalue weighted by atomic mass is 32.2. The van der Waals surface area contributed by atoms with E-state index in [1.807, 2.05) is 24.3 Å². The summed E-state index contributed by atoms with van der Waals surface area (Å²) in [5.74, 6) is 0.0473.